The van der Waals surface area contributed by atoms with Crippen molar-refractivity contribution < 1.29 is 0 Å². The van der Waals surface area contributed by atoms with E-state index in [4.69, 9.17) is 0 Å². The van der Waals surface area contributed by atoms with Crippen molar-refractivity contribution in [2.45, 2.75) is 6.54 Å². The molecule has 1 heterocycles. The molecule has 2 rings (SSSR count). The van der Waals surface area contributed by atoms with E-state index in [1.54, 1.807) is 6.20 Å². The van der Waals surface area contributed by atoms with E-state index in [9.17, 15) is 0 Å². The Balaban J connectivity index is 2.38. The van der Waals surface area contributed by atoms with Gasteiger partial charge in [0.05, 0.1) is 5.69 Å². The van der Waals surface area contributed by atoms with E-state index in [0.717, 1.165) is 12.2 Å². The van der Waals surface area contributed by atoms with Crippen LogP contribution < -0.4 is 0 Å². The normalized spacial score (nSPS) is 10.9. The highest BCUT2D eigenvalue weighted by molar-refractivity contribution is 5.40. The zero-order valence-corrected chi connectivity index (χ0v) is 9.01. The Hall–Kier alpha value is -1.61. The number of hydrogen-bond acceptors (Lipinski definition) is 2. The Labute approximate surface area is 90.0 Å². The lowest BCUT2D eigenvalue weighted by Crippen LogP contribution is -2.12. The molecule has 15 heavy (non-hydrogen) atoms. The quantitative estimate of drug-likeness (QED) is 0.752. The minimum atomic E-state index is 0.919. The Morgan fingerprint density at radius 1 is 1.33 bits per heavy atom. The lowest BCUT2D eigenvalue weighted by Gasteiger charge is -2.13. The Morgan fingerprint density at radius 2 is 2.13 bits per heavy atom. The van der Waals surface area contributed by atoms with E-state index in [-0.39, 0.29) is 0 Å². The number of hydrogen-bond donors (Lipinski definition) is 0. The molecule has 2 aromatic rings. The van der Waals surface area contributed by atoms with Crippen LogP contribution in [0.4, 0.5) is 0 Å². The predicted molar refractivity (Wildman–Crippen MR) is 59.8 cm³/mol. The molecule has 0 saturated heterocycles. The van der Waals surface area contributed by atoms with Crippen molar-refractivity contribution in [3.8, 4) is 5.69 Å². The molecule has 0 N–H and O–H groups in total. The summed E-state index contributed by atoms with van der Waals surface area (Å²) in [4.78, 5) is 6.09. The minimum absolute atomic E-state index is 0.919. The van der Waals surface area contributed by atoms with Crippen molar-refractivity contribution in [2.24, 2.45) is 0 Å². The maximum Gasteiger partial charge on any atom is 0.181 e. The van der Waals surface area contributed by atoms with Crippen LogP contribution in [-0.2, 0) is 6.54 Å². The van der Waals surface area contributed by atoms with Gasteiger partial charge in [-0.2, -0.15) is 0 Å². The molecule has 0 fully saturated rings. The highest BCUT2D eigenvalue weighted by atomic mass is 15.1. The lowest BCUT2D eigenvalue weighted by molar-refractivity contribution is 0.402. The average Bonchev–Trinajstić information content (AvgIpc) is 2.70. The molecule has 0 spiro atoms. The van der Waals surface area contributed by atoms with Gasteiger partial charge in [-0.15, -0.1) is 0 Å². The third-order valence-corrected chi connectivity index (χ3v) is 2.19. The summed E-state index contributed by atoms with van der Waals surface area (Å²) in [6.45, 7) is 0.919. The van der Waals surface area contributed by atoms with Gasteiger partial charge >= 0.3 is 0 Å². The van der Waals surface area contributed by atoms with E-state index in [1.807, 2.05) is 16.8 Å². The summed E-state index contributed by atoms with van der Waals surface area (Å²) in [6.07, 6.45) is 6.57. The highest BCUT2D eigenvalue weighted by Crippen LogP contribution is 2.14. The van der Waals surface area contributed by atoms with Crippen LogP contribution in [0.3, 0.4) is 0 Å². The second-order valence-corrected chi connectivity index (χ2v) is 3.76. The van der Waals surface area contributed by atoms with Gasteiger partial charge in [-0.1, -0.05) is 18.2 Å². The van der Waals surface area contributed by atoms with Gasteiger partial charge in [0.15, 0.2) is 6.33 Å². The van der Waals surface area contributed by atoms with Crippen molar-refractivity contribution >= 4 is 0 Å². The van der Waals surface area contributed by atoms with Crippen LogP contribution >= 0.6 is 0 Å². The molecule has 0 amide bonds. The maximum atomic E-state index is 3.94. The smallest absolute Gasteiger partial charge is 0.181 e. The molecule has 0 aliphatic carbocycles. The molecule has 1 aromatic carbocycles. The Morgan fingerprint density at radius 3 is 2.80 bits per heavy atom. The lowest BCUT2D eigenvalue weighted by atomic mass is 10.1. The molecule has 0 unspecified atom stereocenters. The van der Waals surface area contributed by atoms with Gasteiger partial charge in [-0.3, -0.25) is 4.57 Å². The molecular formula is C12H14N3. The molecular weight excluding hydrogens is 186 g/mol. The summed E-state index contributed by atoms with van der Waals surface area (Å²) < 4.78 is 1.92. The molecule has 0 aliphatic rings. The summed E-state index contributed by atoms with van der Waals surface area (Å²) >= 11 is 0. The van der Waals surface area contributed by atoms with Crippen molar-refractivity contribution in [1.29, 1.82) is 0 Å². The fourth-order valence-corrected chi connectivity index (χ4v) is 1.58. The second kappa shape index (κ2) is 4.28. The number of rotatable bonds is 3. The molecule has 0 aliphatic heterocycles. The zero-order valence-electron chi connectivity index (χ0n) is 9.01. The van der Waals surface area contributed by atoms with E-state index in [2.05, 4.69) is 48.5 Å². The van der Waals surface area contributed by atoms with Crippen molar-refractivity contribution in [1.82, 2.24) is 14.5 Å². The van der Waals surface area contributed by atoms with Crippen molar-refractivity contribution in [3.63, 3.8) is 0 Å². The van der Waals surface area contributed by atoms with E-state index in [1.165, 1.54) is 5.56 Å². The number of para-hydroxylation sites is 1. The maximum absolute atomic E-state index is 3.94. The number of nitrogens with zero attached hydrogens (tertiary/aromatic N) is 3. The van der Waals surface area contributed by atoms with Gasteiger partial charge < -0.3 is 4.90 Å². The van der Waals surface area contributed by atoms with Crippen molar-refractivity contribution in [2.75, 3.05) is 14.1 Å². The standard InChI is InChI=1S/C12H14N3/c1-14(2)9-11-5-3-4-6-12(11)15-8-7-13-10-15/h3-8H,9H2,1-2H3. The number of imidazole rings is 1. The minimum Gasteiger partial charge on any atom is -0.305 e. The highest BCUT2D eigenvalue weighted by Gasteiger charge is 2.04. The Bertz CT molecular complexity index is 418. The molecule has 1 aromatic heterocycles. The van der Waals surface area contributed by atoms with Gasteiger partial charge in [0.1, 0.15) is 0 Å². The molecule has 0 bridgehead atoms. The Kier molecular flexibility index (Phi) is 2.83. The summed E-state index contributed by atoms with van der Waals surface area (Å²) in [7, 11) is 4.13. The first-order valence-corrected chi connectivity index (χ1v) is 4.91. The zero-order chi connectivity index (χ0) is 10.7. The van der Waals surface area contributed by atoms with E-state index in [0.29, 0.717) is 0 Å². The third-order valence-electron chi connectivity index (χ3n) is 2.19. The number of benzene rings is 1. The average molecular weight is 200 g/mol. The fourth-order valence-electron chi connectivity index (χ4n) is 1.58. The molecule has 1 radical (unpaired) electrons. The summed E-state index contributed by atoms with van der Waals surface area (Å²) in [6, 6.07) is 8.29. The van der Waals surface area contributed by atoms with Crippen LogP contribution in [0.1, 0.15) is 5.56 Å². The SMILES string of the molecule is CN(C)Cc1ccccc1-n1[c]ncc1. The van der Waals surface area contributed by atoms with Crippen molar-refractivity contribution in [3.05, 3.63) is 48.5 Å². The topological polar surface area (TPSA) is 21.1 Å². The molecule has 0 saturated carbocycles. The first kappa shape index (κ1) is 9.93. The second-order valence-electron chi connectivity index (χ2n) is 3.76. The monoisotopic (exact) mass is 200 g/mol. The first-order chi connectivity index (χ1) is 7.27. The fraction of sp³-hybridized carbons (Fsp3) is 0.250. The van der Waals surface area contributed by atoms with Crippen LogP contribution in [0.25, 0.3) is 5.69 Å². The van der Waals surface area contributed by atoms with Crippen LogP contribution in [-0.4, -0.2) is 28.5 Å². The van der Waals surface area contributed by atoms with Gasteiger partial charge in [0, 0.05) is 18.9 Å². The van der Waals surface area contributed by atoms with Gasteiger partial charge in [0.25, 0.3) is 0 Å². The van der Waals surface area contributed by atoms with Crippen LogP contribution in [0, 0.1) is 6.33 Å². The van der Waals surface area contributed by atoms with Crippen LogP contribution in [0.5, 0.6) is 0 Å². The first-order valence-electron chi connectivity index (χ1n) is 4.91. The molecule has 3 nitrogen and oxygen atoms in total. The summed E-state index contributed by atoms with van der Waals surface area (Å²) in [5.74, 6) is 0. The van der Waals surface area contributed by atoms with E-state index >= 15 is 0 Å². The van der Waals surface area contributed by atoms with Crippen LogP contribution in [0.15, 0.2) is 36.7 Å². The predicted octanol–water partition coefficient (Wildman–Crippen LogP) is 1.73. The summed E-state index contributed by atoms with van der Waals surface area (Å²) in [5, 5.41) is 0. The number of aromatic nitrogens is 2. The molecule has 77 valence electrons. The van der Waals surface area contributed by atoms with Crippen LogP contribution in [0.2, 0.25) is 0 Å². The largest absolute Gasteiger partial charge is 0.305 e. The third kappa shape index (κ3) is 2.25. The summed E-state index contributed by atoms with van der Waals surface area (Å²) in [5.41, 5.74) is 2.42. The van der Waals surface area contributed by atoms with Gasteiger partial charge in [0.2, 0.25) is 0 Å². The molecule has 3 heteroatoms. The van der Waals surface area contributed by atoms with Gasteiger partial charge in [-0.25, -0.2) is 4.98 Å². The molecule has 0 atom stereocenters. The van der Waals surface area contributed by atoms with E-state index < -0.39 is 0 Å². The van der Waals surface area contributed by atoms with Gasteiger partial charge in [-0.05, 0) is 25.7 Å².